The van der Waals surface area contributed by atoms with Crippen LogP contribution >= 0.6 is 11.6 Å². The lowest BCUT2D eigenvalue weighted by atomic mass is 10.1. The van der Waals surface area contributed by atoms with Crippen molar-refractivity contribution < 1.29 is 9.90 Å². The molecule has 106 valence electrons. The molecule has 0 saturated heterocycles. The maximum atomic E-state index is 11.5. The molecule has 21 heavy (non-hydrogen) atoms. The molecule has 0 aliphatic rings. The highest BCUT2D eigenvalue weighted by atomic mass is 35.5. The first-order valence-corrected chi connectivity index (χ1v) is 6.69. The zero-order valence-corrected chi connectivity index (χ0v) is 12.2. The number of benzene rings is 1. The summed E-state index contributed by atoms with van der Waals surface area (Å²) in [5.41, 5.74) is 2.57. The van der Waals surface area contributed by atoms with E-state index >= 15 is 0 Å². The molecule has 6 heteroatoms. The highest BCUT2D eigenvalue weighted by Crippen LogP contribution is 2.30. The number of hydrogen-bond acceptors (Lipinski definition) is 3. The molecule has 1 aromatic carbocycles. The average molecular weight is 302 g/mol. The van der Waals surface area contributed by atoms with Gasteiger partial charge in [0.15, 0.2) is 5.65 Å². The third-order valence-electron chi connectivity index (χ3n) is 3.35. The van der Waals surface area contributed by atoms with E-state index in [-0.39, 0.29) is 5.56 Å². The Morgan fingerprint density at radius 1 is 1.33 bits per heavy atom. The normalized spacial score (nSPS) is 11.0. The van der Waals surface area contributed by atoms with E-state index in [0.29, 0.717) is 33.0 Å². The maximum Gasteiger partial charge on any atom is 0.336 e. The number of rotatable bonds is 2. The van der Waals surface area contributed by atoms with Crippen molar-refractivity contribution in [3.8, 4) is 11.3 Å². The van der Waals surface area contributed by atoms with Crippen LogP contribution in [0, 0.1) is 6.92 Å². The number of carbonyl (C=O) groups is 1. The predicted molar refractivity (Wildman–Crippen MR) is 80.7 cm³/mol. The molecule has 0 aliphatic heterocycles. The largest absolute Gasteiger partial charge is 0.478 e. The van der Waals surface area contributed by atoms with Gasteiger partial charge in [-0.05, 0) is 19.1 Å². The summed E-state index contributed by atoms with van der Waals surface area (Å²) < 4.78 is 1.58. The van der Waals surface area contributed by atoms with Gasteiger partial charge in [0.05, 0.1) is 22.3 Å². The second-order valence-electron chi connectivity index (χ2n) is 4.75. The minimum Gasteiger partial charge on any atom is -0.478 e. The molecule has 0 spiro atoms. The molecular formula is C15H12ClN3O2. The lowest BCUT2D eigenvalue weighted by Crippen LogP contribution is -2.01. The van der Waals surface area contributed by atoms with Crippen LogP contribution in [0.3, 0.4) is 0 Å². The van der Waals surface area contributed by atoms with Crippen molar-refractivity contribution in [3.63, 3.8) is 0 Å². The lowest BCUT2D eigenvalue weighted by molar-refractivity contribution is 0.0699. The van der Waals surface area contributed by atoms with Crippen LogP contribution in [-0.4, -0.2) is 25.8 Å². The van der Waals surface area contributed by atoms with Crippen molar-refractivity contribution in [2.24, 2.45) is 7.05 Å². The van der Waals surface area contributed by atoms with E-state index in [9.17, 15) is 9.90 Å². The van der Waals surface area contributed by atoms with Crippen molar-refractivity contribution in [2.75, 3.05) is 0 Å². The maximum absolute atomic E-state index is 11.5. The second-order valence-corrected chi connectivity index (χ2v) is 5.15. The first kappa shape index (κ1) is 13.6. The summed E-state index contributed by atoms with van der Waals surface area (Å²) in [5, 5.41) is 14.8. The first-order chi connectivity index (χ1) is 9.99. The van der Waals surface area contributed by atoms with E-state index in [2.05, 4.69) is 10.1 Å². The summed E-state index contributed by atoms with van der Waals surface area (Å²) in [4.78, 5) is 16.1. The van der Waals surface area contributed by atoms with Crippen LogP contribution in [0.25, 0.3) is 22.3 Å². The van der Waals surface area contributed by atoms with Gasteiger partial charge in [-0.2, -0.15) is 5.10 Å². The number of carboxylic acid groups (broad SMARTS) is 1. The Morgan fingerprint density at radius 2 is 2.05 bits per heavy atom. The topological polar surface area (TPSA) is 68.0 Å². The fourth-order valence-corrected chi connectivity index (χ4v) is 2.65. The standard InChI is InChI=1S/C15H12ClN3O2/c1-8-13-10(15(20)21)7-12(17-14(13)19(2)18-8)9-5-3-4-6-11(9)16/h3-7H,1-2H3,(H,20,21). The van der Waals surface area contributed by atoms with Gasteiger partial charge >= 0.3 is 5.97 Å². The van der Waals surface area contributed by atoms with Gasteiger partial charge in [-0.1, -0.05) is 29.8 Å². The third-order valence-corrected chi connectivity index (χ3v) is 3.68. The van der Waals surface area contributed by atoms with Crippen LogP contribution in [0.2, 0.25) is 5.02 Å². The molecule has 0 fully saturated rings. The Bertz CT molecular complexity index is 871. The van der Waals surface area contributed by atoms with Gasteiger partial charge in [0.1, 0.15) is 0 Å². The van der Waals surface area contributed by atoms with E-state index in [1.807, 2.05) is 18.2 Å². The molecule has 0 bridgehead atoms. The molecular weight excluding hydrogens is 290 g/mol. The quantitative estimate of drug-likeness (QED) is 0.788. The number of aromatic carboxylic acids is 1. The van der Waals surface area contributed by atoms with Gasteiger partial charge in [0.2, 0.25) is 0 Å². The Kier molecular flexibility index (Phi) is 3.14. The van der Waals surface area contributed by atoms with E-state index in [1.54, 1.807) is 30.8 Å². The van der Waals surface area contributed by atoms with Gasteiger partial charge in [0, 0.05) is 17.6 Å². The third kappa shape index (κ3) is 2.15. The minimum absolute atomic E-state index is 0.181. The zero-order valence-electron chi connectivity index (χ0n) is 11.5. The van der Waals surface area contributed by atoms with E-state index in [1.165, 1.54) is 0 Å². The number of halogens is 1. The second kappa shape index (κ2) is 4.86. The highest BCUT2D eigenvalue weighted by molar-refractivity contribution is 6.33. The smallest absolute Gasteiger partial charge is 0.336 e. The number of nitrogens with zero attached hydrogens (tertiary/aromatic N) is 3. The number of aromatic nitrogens is 3. The number of aryl methyl sites for hydroxylation is 2. The van der Waals surface area contributed by atoms with E-state index < -0.39 is 5.97 Å². The monoisotopic (exact) mass is 301 g/mol. The molecule has 0 saturated carbocycles. The van der Waals surface area contributed by atoms with Crippen LogP contribution in [-0.2, 0) is 7.05 Å². The molecule has 0 amide bonds. The average Bonchev–Trinajstić information content (AvgIpc) is 2.73. The SMILES string of the molecule is Cc1nn(C)c2nc(-c3ccccc3Cl)cc(C(=O)O)c12. The first-order valence-electron chi connectivity index (χ1n) is 6.31. The zero-order chi connectivity index (χ0) is 15.1. The van der Waals surface area contributed by atoms with Crippen molar-refractivity contribution in [1.29, 1.82) is 0 Å². The molecule has 0 radical (unpaired) electrons. The van der Waals surface area contributed by atoms with Crippen molar-refractivity contribution in [3.05, 3.63) is 46.6 Å². The molecule has 0 atom stereocenters. The van der Waals surface area contributed by atoms with Gasteiger partial charge in [-0.25, -0.2) is 9.78 Å². The van der Waals surface area contributed by atoms with Crippen LogP contribution in [0.4, 0.5) is 0 Å². The Hall–Kier alpha value is -2.40. The Balaban J connectivity index is 2.39. The predicted octanol–water partition coefficient (Wildman–Crippen LogP) is 3.30. The Labute approximate surface area is 125 Å². The summed E-state index contributed by atoms with van der Waals surface area (Å²) in [6.45, 7) is 1.77. The summed E-state index contributed by atoms with van der Waals surface area (Å²) in [5.74, 6) is -1.01. The number of hydrogen-bond donors (Lipinski definition) is 1. The number of fused-ring (bicyclic) bond motifs is 1. The van der Waals surface area contributed by atoms with E-state index in [0.717, 1.165) is 0 Å². The van der Waals surface area contributed by atoms with Gasteiger partial charge in [-0.3, -0.25) is 4.68 Å². The summed E-state index contributed by atoms with van der Waals surface area (Å²) in [7, 11) is 1.74. The fourth-order valence-electron chi connectivity index (χ4n) is 2.42. The van der Waals surface area contributed by atoms with Gasteiger partial charge in [0.25, 0.3) is 0 Å². The van der Waals surface area contributed by atoms with Gasteiger partial charge < -0.3 is 5.11 Å². The molecule has 5 nitrogen and oxygen atoms in total. The van der Waals surface area contributed by atoms with Gasteiger partial charge in [-0.15, -0.1) is 0 Å². The summed E-state index contributed by atoms with van der Waals surface area (Å²) in [6.07, 6.45) is 0. The molecule has 0 aliphatic carbocycles. The van der Waals surface area contributed by atoms with Crippen molar-refractivity contribution in [2.45, 2.75) is 6.92 Å². The van der Waals surface area contributed by atoms with Crippen molar-refractivity contribution >= 4 is 28.6 Å². The highest BCUT2D eigenvalue weighted by Gasteiger charge is 2.19. The number of pyridine rings is 1. The molecule has 0 unspecified atom stereocenters. The van der Waals surface area contributed by atoms with Crippen LogP contribution in [0.15, 0.2) is 30.3 Å². The molecule has 2 heterocycles. The fraction of sp³-hybridized carbons (Fsp3) is 0.133. The summed E-state index contributed by atoms with van der Waals surface area (Å²) >= 11 is 6.18. The van der Waals surface area contributed by atoms with Crippen LogP contribution < -0.4 is 0 Å². The van der Waals surface area contributed by atoms with Crippen LogP contribution in [0.5, 0.6) is 0 Å². The molecule has 2 aromatic heterocycles. The Morgan fingerprint density at radius 3 is 2.71 bits per heavy atom. The van der Waals surface area contributed by atoms with Crippen molar-refractivity contribution in [1.82, 2.24) is 14.8 Å². The lowest BCUT2D eigenvalue weighted by Gasteiger charge is -2.06. The minimum atomic E-state index is -1.01. The van der Waals surface area contributed by atoms with E-state index in [4.69, 9.17) is 11.6 Å². The molecule has 1 N–H and O–H groups in total. The number of carboxylic acids is 1. The van der Waals surface area contributed by atoms with Crippen LogP contribution in [0.1, 0.15) is 16.1 Å². The molecule has 3 rings (SSSR count). The summed E-state index contributed by atoms with van der Waals surface area (Å²) in [6, 6.07) is 8.75. The molecule has 3 aromatic rings.